The first-order valence-corrected chi connectivity index (χ1v) is 10.1. The molecule has 160 valence electrons. The molecule has 1 saturated carbocycles. The van der Waals surface area contributed by atoms with Gasteiger partial charge in [0.05, 0.1) is 6.54 Å². The average Bonchev–Trinajstić information content (AvgIpc) is 2.98. The second-order valence-corrected chi connectivity index (χ2v) is 8.48. The summed E-state index contributed by atoms with van der Waals surface area (Å²) in [6.45, 7) is 2.11. The summed E-state index contributed by atoms with van der Waals surface area (Å²) in [6, 6.07) is 1.06. The van der Waals surface area contributed by atoms with E-state index in [1.807, 2.05) is 4.90 Å². The predicted molar refractivity (Wildman–Crippen MR) is 102 cm³/mol. The van der Waals surface area contributed by atoms with Crippen LogP contribution < -0.4 is 5.73 Å². The highest BCUT2D eigenvalue weighted by molar-refractivity contribution is 5.84. The molecule has 1 aliphatic carbocycles. The molecule has 2 aliphatic heterocycles. The minimum absolute atomic E-state index is 0.0347. The van der Waals surface area contributed by atoms with Crippen LogP contribution in [0.5, 0.6) is 0 Å². The molecule has 2 bridgehead atoms. The van der Waals surface area contributed by atoms with Crippen molar-refractivity contribution in [1.82, 2.24) is 9.80 Å². The first-order chi connectivity index (χ1) is 13.7. The van der Waals surface area contributed by atoms with Crippen molar-refractivity contribution in [2.45, 2.75) is 51.1 Å². The van der Waals surface area contributed by atoms with Gasteiger partial charge in [-0.1, -0.05) is 0 Å². The number of likely N-dealkylation sites (N-methyl/N-ethyl adjacent to an activating group) is 1. The lowest BCUT2D eigenvalue weighted by Crippen LogP contribution is -2.49. The number of benzene rings is 1. The summed E-state index contributed by atoms with van der Waals surface area (Å²) < 4.78 is 40.7. The van der Waals surface area contributed by atoms with Crippen LogP contribution in [0.2, 0.25) is 0 Å². The van der Waals surface area contributed by atoms with Gasteiger partial charge in [-0.05, 0) is 55.6 Å². The van der Waals surface area contributed by atoms with Crippen LogP contribution in [0.15, 0.2) is 12.1 Å². The van der Waals surface area contributed by atoms with Gasteiger partial charge in [-0.15, -0.1) is 0 Å². The maximum Gasteiger partial charge on any atom is 0.242 e. The summed E-state index contributed by atoms with van der Waals surface area (Å²) in [5.74, 6) is -2.96. The highest BCUT2D eigenvalue weighted by Gasteiger charge is 2.39. The van der Waals surface area contributed by atoms with Crippen molar-refractivity contribution in [3.63, 3.8) is 0 Å². The molecule has 0 radical (unpaired) electrons. The van der Waals surface area contributed by atoms with Crippen LogP contribution in [-0.2, 0) is 16.0 Å². The fourth-order valence-corrected chi connectivity index (χ4v) is 4.61. The lowest BCUT2D eigenvalue weighted by Gasteiger charge is -2.37. The molecule has 2 saturated heterocycles. The van der Waals surface area contributed by atoms with Crippen LogP contribution >= 0.6 is 0 Å². The Labute approximate surface area is 169 Å². The van der Waals surface area contributed by atoms with E-state index in [9.17, 15) is 22.8 Å². The number of hydrogen-bond donors (Lipinski definition) is 1. The molecule has 0 aromatic heterocycles. The molecule has 3 fully saturated rings. The molecule has 1 aromatic rings. The lowest BCUT2D eigenvalue weighted by molar-refractivity contribution is -0.141. The Morgan fingerprint density at radius 3 is 2.55 bits per heavy atom. The Kier molecular flexibility index (Phi) is 6.51. The summed E-state index contributed by atoms with van der Waals surface area (Å²) in [6.07, 6.45) is 3.50. The molecule has 4 atom stereocenters. The van der Waals surface area contributed by atoms with E-state index in [1.165, 1.54) is 11.8 Å². The Balaban J connectivity index is 1.68. The minimum atomic E-state index is -1.21. The molecular formula is C21H28F3N3O2. The molecule has 2 amide bonds. The van der Waals surface area contributed by atoms with E-state index in [0.717, 1.165) is 25.3 Å². The maximum absolute atomic E-state index is 14.0. The van der Waals surface area contributed by atoms with Crippen molar-refractivity contribution in [2.24, 2.45) is 17.6 Å². The van der Waals surface area contributed by atoms with Crippen molar-refractivity contribution >= 4 is 11.8 Å². The number of nitrogens with zero attached hydrogens (tertiary/aromatic N) is 2. The fourth-order valence-electron chi connectivity index (χ4n) is 4.61. The van der Waals surface area contributed by atoms with E-state index in [1.54, 1.807) is 7.05 Å². The highest BCUT2D eigenvalue weighted by Crippen LogP contribution is 2.38. The van der Waals surface area contributed by atoms with Crippen LogP contribution in [0, 0.1) is 29.3 Å². The number of hydrogen-bond acceptors (Lipinski definition) is 3. The van der Waals surface area contributed by atoms with Crippen LogP contribution in [0.25, 0.3) is 0 Å². The third-order valence-electron chi connectivity index (χ3n) is 6.40. The molecule has 0 unspecified atom stereocenters. The van der Waals surface area contributed by atoms with Crippen LogP contribution in [0.4, 0.5) is 13.2 Å². The number of carbonyl (C=O) groups is 2. The monoisotopic (exact) mass is 411 g/mol. The Bertz CT molecular complexity index is 789. The molecule has 2 N–H and O–H groups in total. The van der Waals surface area contributed by atoms with Crippen LogP contribution in [0.1, 0.15) is 38.2 Å². The zero-order valence-electron chi connectivity index (χ0n) is 16.8. The number of rotatable bonds is 5. The fraction of sp³-hybridized carbons (Fsp3) is 0.619. The van der Waals surface area contributed by atoms with Gasteiger partial charge in [0.15, 0.2) is 11.6 Å². The van der Waals surface area contributed by atoms with Crippen molar-refractivity contribution in [3.8, 4) is 0 Å². The zero-order valence-corrected chi connectivity index (χ0v) is 16.8. The molecule has 4 rings (SSSR count). The van der Waals surface area contributed by atoms with E-state index in [4.69, 9.17) is 5.73 Å². The zero-order chi connectivity index (χ0) is 21.3. The van der Waals surface area contributed by atoms with Gasteiger partial charge in [0.25, 0.3) is 0 Å². The van der Waals surface area contributed by atoms with Gasteiger partial charge in [0.2, 0.25) is 11.8 Å². The number of carbonyl (C=O) groups excluding carboxylic acids is 2. The van der Waals surface area contributed by atoms with E-state index >= 15 is 0 Å². The van der Waals surface area contributed by atoms with Crippen molar-refractivity contribution in [3.05, 3.63) is 35.1 Å². The van der Waals surface area contributed by atoms with E-state index in [-0.39, 0.29) is 42.3 Å². The summed E-state index contributed by atoms with van der Waals surface area (Å²) in [5, 5.41) is 0. The van der Waals surface area contributed by atoms with E-state index < -0.39 is 23.5 Å². The SMILES string of the molecule is CC(=O)N(C)CC(=O)N1C[C@@H]2CC[C@H]1C[C@H]([C@H](N)Cc1cc(F)c(F)cc1F)C2. The van der Waals surface area contributed by atoms with Gasteiger partial charge >= 0.3 is 0 Å². The normalized spacial score (nSPS) is 24.9. The molecular weight excluding hydrogens is 383 g/mol. The van der Waals surface area contributed by atoms with Crippen molar-refractivity contribution < 1.29 is 22.8 Å². The smallest absolute Gasteiger partial charge is 0.242 e. The third-order valence-corrected chi connectivity index (χ3v) is 6.40. The maximum atomic E-state index is 14.0. The van der Waals surface area contributed by atoms with Gasteiger partial charge < -0.3 is 15.5 Å². The number of piperidine rings is 1. The summed E-state index contributed by atoms with van der Waals surface area (Å²) in [7, 11) is 1.60. The Morgan fingerprint density at radius 1 is 1.17 bits per heavy atom. The van der Waals surface area contributed by atoms with Gasteiger partial charge in [-0.2, -0.15) is 0 Å². The quantitative estimate of drug-likeness (QED) is 0.757. The van der Waals surface area contributed by atoms with E-state index in [0.29, 0.717) is 24.9 Å². The number of halogens is 3. The summed E-state index contributed by atoms with van der Waals surface area (Å²) >= 11 is 0. The van der Waals surface area contributed by atoms with Gasteiger partial charge in [-0.25, -0.2) is 13.2 Å². The van der Waals surface area contributed by atoms with E-state index in [2.05, 4.69) is 0 Å². The molecule has 3 aliphatic rings. The van der Waals surface area contributed by atoms with Crippen molar-refractivity contribution in [1.29, 1.82) is 0 Å². The molecule has 2 heterocycles. The number of amides is 2. The second-order valence-electron chi connectivity index (χ2n) is 8.48. The lowest BCUT2D eigenvalue weighted by atomic mass is 9.85. The molecule has 29 heavy (non-hydrogen) atoms. The first-order valence-electron chi connectivity index (χ1n) is 10.1. The Hall–Kier alpha value is -2.09. The average molecular weight is 411 g/mol. The van der Waals surface area contributed by atoms with Crippen LogP contribution in [-0.4, -0.2) is 53.8 Å². The Morgan fingerprint density at radius 2 is 1.86 bits per heavy atom. The second kappa shape index (κ2) is 8.73. The number of fused-ring (bicyclic) bond motifs is 4. The summed E-state index contributed by atoms with van der Waals surface area (Å²) in [4.78, 5) is 27.4. The first kappa shape index (κ1) is 21.6. The van der Waals surface area contributed by atoms with Crippen LogP contribution in [0.3, 0.4) is 0 Å². The third kappa shape index (κ3) is 4.91. The summed E-state index contributed by atoms with van der Waals surface area (Å²) in [5.41, 5.74) is 6.44. The minimum Gasteiger partial charge on any atom is -0.338 e. The van der Waals surface area contributed by atoms with Gasteiger partial charge in [0, 0.05) is 38.7 Å². The highest BCUT2D eigenvalue weighted by atomic mass is 19.2. The molecule has 8 heteroatoms. The van der Waals surface area contributed by atoms with Gasteiger partial charge in [0.1, 0.15) is 5.82 Å². The molecule has 0 spiro atoms. The van der Waals surface area contributed by atoms with Crippen molar-refractivity contribution in [2.75, 3.05) is 20.1 Å². The molecule has 5 nitrogen and oxygen atoms in total. The topological polar surface area (TPSA) is 66.6 Å². The predicted octanol–water partition coefficient (Wildman–Crippen LogP) is 2.47. The van der Waals surface area contributed by atoms with Gasteiger partial charge in [-0.3, -0.25) is 9.59 Å². The molecule has 1 aromatic carbocycles. The number of nitrogens with two attached hydrogens (primary N) is 1. The standard InChI is InChI=1S/C21H28F3N3O2/c1-12(28)26(2)11-21(29)27-10-13-3-4-16(27)6-15(5-13)20(25)8-14-7-18(23)19(24)9-17(14)22/h7,9,13,15-16,20H,3-6,8,10-11,25H2,1-2H3/t13-,15-,16+,20-/m1/s1. The largest absolute Gasteiger partial charge is 0.338 e.